The average Bonchev–Trinajstić information content (AvgIpc) is 3.29. The Morgan fingerprint density at radius 3 is 2.38 bits per heavy atom. The third-order valence-corrected chi connectivity index (χ3v) is 6.43. The van der Waals surface area contributed by atoms with E-state index in [9.17, 15) is 13.2 Å². The second-order valence-electron chi connectivity index (χ2n) is 6.26. The van der Waals surface area contributed by atoms with Crippen LogP contribution >= 0.6 is 0 Å². The van der Waals surface area contributed by atoms with Crippen molar-refractivity contribution in [1.29, 1.82) is 0 Å². The summed E-state index contributed by atoms with van der Waals surface area (Å²) >= 11 is 0. The molecule has 0 radical (unpaired) electrons. The van der Waals surface area contributed by atoms with Crippen molar-refractivity contribution in [3.63, 3.8) is 0 Å². The molecule has 0 aliphatic carbocycles. The minimum absolute atomic E-state index is 0.160. The highest BCUT2D eigenvalue weighted by molar-refractivity contribution is 7.89. The van der Waals surface area contributed by atoms with E-state index in [0.717, 1.165) is 38.8 Å². The van der Waals surface area contributed by atoms with Gasteiger partial charge in [-0.3, -0.25) is 4.79 Å². The number of sulfonamides is 1. The zero-order valence-corrected chi connectivity index (χ0v) is 14.6. The molecule has 0 aromatic carbocycles. The Balaban J connectivity index is 1.52. The van der Waals surface area contributed by atoms with Gasteiger partial charge in [-0.1, -0.05) is 0 Å². The lowest BCUT2D eigenvalue weighted by Gasteiger charge is -2.16. The van der Waals surface area contributed by atoms with E-state index in [0.29, 0.717) is 31.9 Å². The second kappa shape index (κ2) is 7.48. The number of pyridine rings is 1. The molecule has 0 atom stereocenters. The van der Waals surface area contributed by atoms with Crippen LogP contribution in [0.1, 0.15) is 32.1 Å². The molecule has 2 saturated heterocycles. The van der Waals surface area contributed by atoms with Crippen LogP contribution in [0.3, 0.4) is 0 Å². The third-order valence-electron chi connectivity index (χ3n) is 4.54. The standard InChI is InChI=1S/C16H24N4O3S/c21-16(19-9-1-2-10-19)7-8-17-15-6-5-14(13-18-15)24(22,23)20-11-3-4-12-20/h5-6,13H,1-4,7-12H2,(H,17,18). The van der Waals surface area contributed by atoms with Crippen molar-refractivity contribution in [2.45, 2.75) is 37.0 Å². The van der Waals surface area contributed by atoms with Crippen molar-refractivity contribution in [3.8, 4) is 0 Å². The normalized spacial score (nSPS) is 18.9. The zero-order chi connectivity index (χ0) is 17.0. The molecular weight excluding hydrogens is 328 g/mol. The Morgan fingerprint density at radius 1 is 1.08 bits per heavy atom. The molecule has 1 aromatic rings. The fourth-order valence-corrected chi connectivity index (χ4v) is 4.60. The van der Waals surface area contributed by atoms with Gasteiger partial charge in [0.05, 0.1) is 0 Å². The highest BCUT2D eigenvalue weighted by Crippen LogP contribution is 2.20. The van der Waals surface area contributed by atoms with E-state index in [1.807, 2.05) is 4.90 Å². The number of rotatable bonds is 6. The van der Waals surface area contributed by atoms with Gasteiger partial charge < -0.3 is 10.2 Å². The summed E-state index contributed by atoms with van der Waals surface area (Å²) in [4.78, 5) is 18.2. The number of nitrogens with one attached hydrogen (secondary N) is 1. The summed E-state index contributed by atoms with van der Waals surface area (Å²) in [6.45, 7) is 3.39. The molecule has 8 heteroatoms. The number of anilines is 1. The van der Waals surface area contributed by atoms with E-state index in [4.69, 9.17) is 0 Å². The van der Waals surface area contributed by atoms with Gasteiger partial charge in [0, 0.05) is 45.3 Å². The summed E-state index contributed by atoms with van der Waals surface area (Å²) in [5.41, 5.74) is 0. The molecule has 3 heterocycles. The minimum Gasteiger partial charge on any atom is -0.370 e. The maximum atomic E-state index is 12.4. The number of hydrogen-bond acceptors (Lipinski definition) is 5. The Hall–Kier alpha value is -1.67. The van der Waals surface area contributed by atoms with Crippen molar-refractivity contribution in [3.05, 3.63) is 18.3 Å². The van der Waals surface area contributed by atoms with Crippen molar-refractivity contribution in [2.75, 3.05) is 38.0 Å². The summed E-state index contributed by atoms with van der Waals surface area (Å²) < 4.78 is 26.3. The molecule has 1 N–H and O–H groups in total. The summed E-state index contributed by atoms with van der Waals surface area (Å²) in [5, 5.41) is 3.08. The number of aromatic nitrogens is 1. The summed E-state index contributed by atoms with van der Waals surface area (Å²) in [6, 6.07) is 3.23. The molecule has 24 heavy (non-hydrogen) atoms. The highest BCUT2D eigenvalue weighted by Gasteiger charge is 2.27. The number of carbonyl (C=O) groups excluding carboxylic acids is 1. The topological polar surface area (TPSA) is 82.6 Å². The summed E-state index contributed by atoms with van der Waals surface area (Å²) in [6.07, 6.45) is 5.82. The molecule has 1 amide bonds. The van der Waals surface area contributed by atoms with Crippen LogP contribution in [0.5, 0.6) is 0 Å². The molecule has 0 spiro atoms. The molecule has 3 rings (SSSR count). The van der Waals surface area contributed by atoms with Gasteiger partial charge in [-0.25, -0.2) is 13.4 Å². The van der Waals surface area contributed by atoms with Gasteiger partial charge in [0.25, 0.3) is 0 Å². The molecule has 0 unspecified atom stereocenters. The molecule has 132 valence electrons. The van der Waals surface area contributed by atoms with Crippen LogP contribution in [0.2, 0.25) is 0 Å². The molecule has 2 aliphatic rings. The van der Waals surface area contributed by atoms with E-state index in [-0.39, 0.29) is 10.8 Å². The number of amides is 1. The van der Waals surface area contributed by atoms with Crippen molar-refractivity contribution in [1.82, 2.24) is 14.2 Å². The Kier molecular flexibility index (Phi) is 5.35. The first kappa shape index (κ1) is 17.2. The number of likely N-dealkylation sites (tertiary alicyclic amines) is 1. The van der Waals surface area contributed by atoms with Crippen molar-refractivity contribution in [2.24, 2.45) is 0 Å². The highest BCUT2D eigenvalue weighted by atomic mass is 32.2. The molecule has 2 aliphatic heterocycles. The van der Waals surface area contributed by atoms with Crippen LogP contribution < -0.4 is 5.32 Å². The first-order valence-electron chi connectivity index (χ1n) is 8.55. The van der Waals surface area contributed by atoms with Gasteiger partial charge in [0.2, 0.25) is 15.9 Å². The molecule has 1 aromatic heterocycles. The fraction of sp³-hybridized carbons (Fsp3) is 0.625. The molecule has 0 bridgehead atoms. The largest absolute Gasteiger partial charge is 0.370 e. The summed E-state index contributed by atoms with van der Waals surface area (Å²) in [5.74, 6) is 0.748. The lowest BCUT2D eigenvalue weighted by Crippen LogP contribution is -2.29. The van der Waals surface area contributed by atoms with E-state index >= 15 is 0 Å². The monoisotopic (exact) mass is 352 g/mol. The quantitative estimate of drug-likeness (QED) is 0.834. The molecular formula is C16H24N4O3S. The van der Waals surface area contributed by atoms with Gasteiger partial charge in [-0.2, -0.15) is 4.31 Å². The molecule has 2 fully saturated rings. The van der Waals surface area contributed by atoms with Gasteiger partial charge in [0.15, 0.2) is 0 Å². The predicted molar refractivity (Wildman–Crippen MR) is 91.2 cm³/mol. The lowest BCUT2D eigenvalue weighted by molar-refractivity contribution is -0.129. The lowest BCUT2D eigenvalue weighted by atomic mass is 10.3. The van der Waals surface area contributed by atoms with Crippen LogP contribution in [-0.2, 0) is 14.8 Å². The van der Waals surface area contributed by atoms with Crippen molar-refractivity contribution >= 4 is 21.7 Å². The molecule has 7 nitrogen and oxygen atoms in total. The fourth-order valence-electron chi connectivity index (χ4n) is 3.14. The Bertz CT molecular complexity index is 663. The Morgan fingerprint density at radius 2 is 1.75 bits per heavy atom. The third kappa shape index (κ3) is 3.87. The van der Waals surface area contributed by atoms with Gasteiger partial charge in [-0.05, 0) is 37.8 Å². The smallest absolute Gasteiger partial charge is 0.244 e. The average molecular weight is 352 g/mol. The van der Waals surface area contributed by atoms with Crippen LogP contribution in [0, 0.1) is 0 Å². The van der Waals surface area contributed by atoms with E-state index in [1.165, 1.54) is 10.5 Å². The van der Waals surface area contributed by atoms with Crippen LogP contribution in [0.15, 0.2) is 23.2 Å². The summed E-state index contributed by atoms with van der Waals surface area (Å²) in [7, 11) is -3.42. The van der Waals surface area contributed by atoms with Gasteiger partial charge in [0.1, 0.15) is 10.7 Å². The van der Waals surface area contributed by atoms with E-state index in [2.05, 4.69) is 10.3 Å². The predicted octanol–water partition coefficient (Wildman–Crippen LogP) is 1.29. The van der Waals surface area contributed by atoms with E-state index in [1.54, 1.807) is 12.1 Å². The number of hydrogen-bond donors (Lipinski definition) is 1. The maximum absolute atomic E-state index is 12.4. The van der Waals surface area contributed by atoms with Gasteiger partial charge >= 0.3 is 0 Å². The van der Waals surface area contributed by atoms with Crippen LogP contribution in [0.25, 0.3) is 0 Å². The van der Waals surface area contributed by atoms with Crippen molar-refractivity contribution < 1.29 is 13.2 Å². The maximum Gasteiger partial charge on any atom is 0.244 e. The van der Waals surface area contributed by atoms with E-state index < -0.39 is 10.0 Å². The molecule has 0 saturated carbocycles. The number of nitrogens with zero attached hydrogens (tertiary/aromatic N) is 3. The van der Waals surface area contributed by atoms with Crippen LogP contribution in [-0.4, -0.2) is 61.2 Å². The minimum atomic E-state index is -3.42. The number of carbonyl (C=O) groups is 1. The van der Waals surface area contributed by atoms with Gasteiger partial charge in [-0.15, -0.1) is 0 Å². The van der Waals surface area contributed by atoms with Crippen LogP contribution in [0.4, 0.5) is 5.82 Å². The SMILES string of the molecule is O=C(CCNc1ccc(S(=O)(=O)N2CCCC2)cn1)N1CCCC1. The Labute approximate surface area is 143 Å². The first-order valence-corrected chi connectivity index (χ1v) is 9.99. The first-order chi connectivity index (χ1) is 11.6. The second-order valence-corrected chi connectivity index (χ2v) is 8.19. The zero-order valence-electron chi connectivity index (χ0n) is 13.8.